The maximum Gasteiger partial charge on any atom is 0.416 e. The van der Waals surface area contributed by atoms with Crippen LogP contribution in [0.3, 0.4) is 0 Å². The Balaban J connectivity index is 2.88. The minimum absolute atomic E-state index is 0.0558. The lowest BCUT2D eigenvalue weighted by molar-refractivity contribution is -0.138. The lowest BCUT2D eigenvalue weighted by Gasteiger charge is -2.17. The van der Waals surface area contributed by atoms with E-state index in [4.69, 9.17) is 5.11 Å². The summed E-state index contributed by atoms with van der Waals surface area (Å²) in [6.45, 7) is -0.115. The van der Waals surface area contributed by atoms with Crippen molar-refractivity contribution in [2.75, 3.05) is 20.2 Å². The molecule has 1 N–H and O–H groups in total. The van der Waals surface area contributed by atoms with Gasteiger partial charge in [0.1, 0.15) is 0 Å². The normalized spacial score (nSPS) is 11.4. The maximum absolute atomic E-state index is 12.7. The largest absolute Gasteiger partial charge is 0.416 e. The molecule has 1 aromatic carbocycles. The summed E-state index contributed by atoms with van der Waals surface area (Å²) in [5.74, 6) is -0.458. The Hall–Kier alpha value is -1.56. The van der Waals surface area contributed by atoms with Gasteiger partial charge in [-0.25, -0.2) is 0 Å². The standard InChI is InChI=1S/C12H14F3NO2/c1-16(6-7-17)11(18)8-9-4-2-3-5-10(9)12(13,14)15/h2-5,17H,6-8H2,1H3. The molecule has 0 aliphatic rings. The highest BCUT2D eigenvalue weighted by Crippen LogP contribution is 2.32. The number of alkyl halides is 3. The van der Waals surface area contributed by atoms with Crippen LogP contribution in [0.4, 0.5) is 13.2 Å². The number of aliphatic hydroxyl groups excluding tert-OH is 1. The molecule has 0 aliphatic heterocycles. The van der Waals surface area contributed by atoms with Gasteiger partial charge in [0.2, 0.25) is 5.91 Å². The maximum atomic E-state index is 12.7. The number of nitrogens with zero attached hydrogens (tertiary/aromatic N) is 1. The van der Waals surface area contributed by atoms with Gasteiger partial charge in [-0.05, 0) is 11.6 Å². The van der Waals surface area contributed by atoms with Gasteiger partial charge in [-0.1, -0.05) is 18.2 Å². The summed E-state index contributed by atoms with van der Waals surface area (Å²) < 4.78 is 38.0. The van der Waals surface area contributed by atoms with E-state index in [9.17, 15) is 18.0 Å². The number of carbonyl (C=O) groups excluding carboxylic acids is 1. The highest BCUT2D eigenvalue weighted by Gasteiger charge is 2.33. The van der Waals surface area contributed by atoms with Crippen LogP contribution in [-0.2, 0) is 17.4 Å². The van der Waals surface area contributed by atoms with E-state index in [1.54, 1.807) is 0 Å². The highest BCUT2D eigenvalue weighted by molar-refractivity contribution is 5.78. The molecule has 0 spiro atoms. The first-order valence-electron chi connectivity index (χ1n) is 5.36. The minimum Gasteiger partial charge on any atom is -0.395 e. The summed E-state index contributed by atoms with van der Waals surface area (Å²) in [5.41, 5.74) is -0.851. The zero-order chi connectivity index (χ0) is 13.8. The monoisotopic (exact) mass is 261 g/mol. The Labute approximate surface area is 103 Å². The highest BCUT2D eigenvalue weighted by atomic mass is 19.4. The van der Waals surface area contributed by atoms with E-state index in [-0.39, 0.29) is 25.1 Å². The van der Waals surface area contributed by atoms with E-state index in [0.717, 1.165) is 6.07 Å². The topological polar surface area (TPSA) is 40.5 Å². The van der Waals surface area contributed by atoms with Crippen LogP contribution in [0, 0.1) is 0 Å². The zero-order valence-corrected chi connectivity index (χ0v) is 9.87. The first kappa shape index (κ1) is 14.5. The number of hydrogen-bond donors (Lipinski definition) is 1. The van der Waals surface area contributed by atoms with Crippen LogP contribution in [0.5, 0.6) is 0 Å². The molecule has 0 saturated carbocycles. The predicted molar refractivity (Wildman–Crippen MR) is 59.9 cm³/mol. The molecular weight excluding hydrogens is 247 g/mol. The van der Waals surface area contributed by atoms with Crippen LogP contribution < -0.4 is 0 Å². The Bertz CT molecular complexity index is 418. The summed E-state index contributed by atoms with van der Waals surface area (Å²) in [4.78, 5) is 12.8. The van der Waals surface area contributed by atoms with Gasteiger partial charge in [-0.3, -0.25) is 4.79 Å². The average Bonchev–Trinajstić information content (AvgIpc) is 2.28. The molecule has 0 atom stereocenters. The van der Waals surface area contributed by atoms with Gasteiger partial charge in [0.05, 0.1) is 18.6 Å². The van der Waals surface area contributed by atoms with Crippen LogP contribution in [-0.4, -0.2) is 36.1 Å². The average molecular weight is 261 g/mol. The van der Waals surface area contributed by atoms with Crippen molar-refractivity contribution in [2.24, 2.45) is 0 Å². The Morgan fingerprint density at radius 1 is 1.33 bits per heavy atom. The Morgan fingerprint density at radius 2 is 1.94 bits per heavy atom. The number of halogens is 3. The third-order valence-electron chi connectivity index (χ3n) is 2.53. The van der Waals surface area contributed by atoms with E-state index in [1.165, 1.54) is 30.1 Å². The molecular formula is C12H14F3NO2. The fourth-order valence-electron chi connectivity index (χ4n) is 1.52. The molecule has 1 aromatic rings. The fourth-order valence-corrected chi connectivity index (χ4v) is 1.52. The van der Waals surface area contributed by atoms with Crippen LogP contribution in [0.2, 0.25) is 0 Å². The van der Waals surface area contributed by atoms with Crippen LogP contribution in [0.1, 0.15) is 11.1 Å². The minimum atomic E-state index is -4.47. The lowest BCUT2D eigenvalue weighted by atomic mass is 10.0. The molecule has 6 heteroatoms. The molecule has 1 amide bonds. The van der Waals surface area contributed by atoms with Crippen molar-refractivity contribution >= 4 is 5.91 Å². The zero-order valence-electron chi connectivity index (χ0n) is 9.87. The van der Waals surface area contributed by atoms with Gasteiger partial charge in [-0.15, -0.1) is 0 Å². The van der Waals surface area contributed by atoms with E-state index < -0.39 is 17.6 Å². The Kier molecular flexibility index (Phi) is 4.72. The van der Waals surface area contributed by atoms with Crippen molar-refractivity contribution in [1.82, 2.24) is 4.90 Å². The number of aliphatic hydroxyl groups is 1. The van der Waals surface area contributed by atoms with Gasteiger partial charge in [0.15, 0.2) is 0 Å². The predicted octanol–water partition coefficient (Wildman–Crippen LogP) is 1.70. The SMILES string of the molecule is CN(CCO)C(=O)Cc1ccccc1C(F)(F)F. The van der Waals surface area contributed by atoms with Gasteiger partial charge in [0.25, 0.3) is 0 Å². The molecule has 0 fully saturated rings. The number of likely N-dealkylation sites (N-methyl/N-ethyl adjacent to an activating group) is 1. The first-order chi connectivity index (χ1) is 8.36. The second kappa shape index (κ2) is 5.86. The number of carbonyl (C=O) groups is 1. The molecule has 0 unspecified atom stereocenters. The van der Waals surface area contributed by atoms with E-state index in [2.05, 4.69) is 0 Å². The van der Waals surface area contributed by atoms with Gasteiger partial charge in [-0.2, -0.15) is 13.2 Å². The van der Waals surface area contributed by atoms with Gasteiger partial charge >= 0.3 is 6.18 Å². The number of benzene rings is 1. The van der Waals surface area contributed by atoms with Crippen molar-refractivity contribution in [3.63, 3.8) is 0 Å². The summed E-state index contributed by atoms with van der Waals surface area (Å²) in [7, 11) is 1.44. The molecule has 0 radical (unpaired) electrons. The molecule has 0 saturated heterocycles. The molecule has 0 bridgehead atoms. The molecule has 100 valence electrons. The smallest absolute Gasteiger partial charge is 0.395 e. The third-order valence-corrected chi connectivity index (χ3v) is 2.53. The summed E-state index contributed by atoms with van der Waals surface area (Å²) in [6, 6.07) is 4.99. The van der Waals surface area contributed by atoms with Crippen molar-refractivity contribution in [2.45, 2.75) is 12.6 Å². The molecule has 0 heterocycles. The fraction of sp³-hybridized carbons (Fsp3) is 0.417. The first-order valence-corrected chi connectivity index (χ1v) is 5.36. The molecule has 18 heavy (non-hydrogen) atoms. The summed E-state index contributed by atoms with van der Waals surface area (Å²) >= 11 is 0. The number of hydrogen-bond acceptors (Lipinski definition) is 2. The van der Waals surface area contributed by atoms with Crippen LogP contribution in [0.15, 0.2) is 24.3 Å². The van der Waals surface area contributed by atoms with Crippen LogP contribution >= 0.6 is 0 Å². The molecule has 0 aliphatic carbocycles. The molecule has 0 aromatic heterocycles. The van der Waals surface area contributed by atoms with E-state index >= 15 is 0 Å². The second-order valence-corrected chi connectivity index (χ2v) is 3.87. The van der Waals surface area contributed by atoms with E-state index in [0.29, 0.717) is 0 Å². The third kappa shape index (κ3) is 3.73. The van der Waals surface area contributed by atoms with Crippen LogP contribution in [0.25, 0.3) is 0 Å². The molecule has 3 nitrogen and oxygen atoms in total. The number of rotatable bonds is 4. The van der Waals surface area contributed by atoms with Gasteiger partial charge in [0, 0.05) is 13.6 Å². The number of amides is 1. The quantitative estimate of drug-likeness (QED) is 0.896. The summed E-state index contributed by atoms with van der Waals surface area (Å²) in [6.07, 6.45) is -4.79. The summed E-state index contributed by atoms with van der Waals surface area (Å²) in [5, 5.41) is 8.66. The second-order valence-electron chi connectivity index (χ2n) is 3.87. The molecule has 1 rings (SSSR count). The van der Waals surface area contributed by atoms with Crippen molar-refractivity contribution in [3.05, 3.63) is 35.4 Å². The van der Waals surface area contributed by atoms with E-state index in [1.807, 2.05) is 0 Å². The van der Waals surface area contributed by atoms with Crippen molar-refractivity contribution in [3.8, 4) is 0 Å². The Morgan fingerprint density at radius 3 is 2.50 bits per heavy atom. The van der Waals surface area contributed by atoms with Crippen molar-refractivity contribution < 1.29 is 23.1 Å². The lowest BCUT2D eigenvalue weighted by Crippen LogP contribution is -2.31. The van der Waals surface area contributed by atoms with Gasteiger partial charge < -0.3 is 10.0 Å². The van der Waals surface area contributed by atoms with Crippen molar-refractivity contribution in [1.29, 1.82) is 0 Å².